The average Bonchev–Trinajstić information content (AvgIpc) is 2.52. The molecule has 1 heterocycles. The van der Waals surface area contributed by atoms with Gasteiger partial charge in [-0.05, 0) is 29.8 Å². The minimum Gasteiger partial charge on any atom is -0.495 e. The van der Waals surface area contributed by atoms with Crippen LogP contribution in [-0.2, 0) is 0 Å². The average molecular weight is 281 g/mol. The van der Waals surface area contributed by atoms with Crippen LogP contribution in [0, 0.1) is 21.4 Å². The van der Waals surface area contributed by atoms with Gasteiger partial charge in [-0.3, -0.25) is 10.1 Å². The van der Waals surface area contributed by atoms with Crippen LogP contribution < -0.4 is 4.74 Å². The monoisotopic (exact) mass is 281 g/mol. The molecule has 104 valence electrons. The molecule has 1 aromatic carbocycles. The van der Waals surface area contributed by atoms with Crippen molar-refractivity contribution >= 4 is 17.8 Å². The molecule has 1 aromatic heterocycles. The van der Waals surface area contributed by atoms with Gasteiger partial charge in [0.25, 0.3) is 5.69 Å². The lowest BCUT2D eigenvalue weighted by Crippen LogP contribution is -1.89. The largest absolute Gasteiger partial charge is 0.495 e. The number of rotatable bonds is 4. The number of hydrogen-bond donors (Lipinski definition) is 0. The minimum absolute atomic E-state index is 0.0524. The SMILES string of the molecule is COc1ccc(C=Cc2ccc([N+](=O)[O-])cn2)cc1C#N. The fourth-order valence-electron chi connectivity index (χ4n) is 1.70. The van der Waals surface area contributed by atoms with Crippen LogP contribution in [0.15, 0.2) is 36.5 Å². The third-order valence-corrected chi connectivity index (χ3v) is 2.77. The smallest absolute Gasteiger partial charge is 0.287 e. The standard InChI is InChI=1S/C15H11N3O3/c1-21-15-7-3-11(8-12(15)9-16)2-4-13-5-6-14(10-17-13)18(19)20/h2-8,10H,1H3. The van der Waals surface area contributed by atoms with Crippen LogP contribution in [0.5, 0.6) is 5.75 Å². The molecule has 0 atom stereocenters. The van der Waals surface area contributed by atoms with Gasteiger partial charge in [0.15, 0.2) is 0 Å². The van der Waals surface area contributed by atoms with Crippen molar-refractivity contribution in [1.82, 2.24) is 4.98 Å². The van der Waals surface area contributed by atoms with Crippen LogP contribution in [0.25, 0.3) is 12.2 Å². The number of hydrogen-bond acceptors (Lipinski definition) is 5. The number of aromatic nitrogens is 1. The number of nitro groups is 1. The van der Waals surface area contributed by atoms with Crippen LogP contribution in [0.3, 0.4) is 0 Å². The maximum atomic E-state index is 10.5. The van der Waals surface area contributed by atoms with Crippen molar-refractivity contribution in [2.45, 2.75) is 0 Å². The maximum Gasteiger partial charge on any atom is 0.287 e. The molecule has 6 heteroatoms. The summed E-state index contributed by atoms with van der Waals surface area (Å²) in [5.41, 5.74) is 1.79. The van der Waals surface area contributed by atoms with Gasteiger partial charge in [-0.25, -0.2) is 4.98 Å². The molecular weight excluding hydrogens is 270 g/mol. The number of nitriles is 1. The summed E-state index contributed by atoms with van der Waals surface area (Å²) in [6.45, 7) is 0. The Hall–Kier alpha value is -3.20. The lowest BCUT2D eigenvalue weighted by molar-refractivity contribution is -0.385. The van der Waals surface area contributed by atoms with Gasteiger partial charge in [0, 0.05) is 6.07 Å². The summed E-state index contributed by atoms with van der Waals surface area (Å²) in [5.74, 6) is 0.517. The van der Waals surface area contributed by atoms with Gasteiger partial charge in [0.2, 0.25) is 0 Å². The summed E-state index contributed by atoms with van der Waals surface area (Å²) in [7, 11) is 1.51. The molecule has 0 saturated heterocycles. The van der Waals surface area contributed by atoms with Crippen molar-refractivity contribution in [3.05, 3.63) is 63.5 Å². The molecule has 0 aliphatic heterocycles. The van der Waals surface area contributed by atoms with Gasteiger partial charge in [-0.2, -0.15) is 5.26 Å². The van der Waals surface area contributed by atoms with Crippen LogP contribution in [0.1, 0.15) is 16.8 Å². The number of methoxy groups -OCH3 is 1. The van der Waals surface area contributed by atoms with Gasteiger partial charge >= 0.3 is 0 Å². The van der Waals surface area contributed by atoms with Crippen molar-refractivity contribution in [2.24, 2.45) is 0 Å². The molecule has 0 amide bonds. The van der Waals surface area contributed by atoms with Crippen molar-refractivity contribution in [3.63, 3.8) is 0 Å². The molecule has 0 radical (unpaired) electrons. The number of ether oxygens (including phenoxy) is 1. The molecule has 0 N–H and O–H groups in total. The Morgan fingerprint density at radius 1 is 1.33 bits per heavy atom. The number of pyridine rings is 1. The Morgan fingerprint density at radius 2 is 2.14 bits per heavy atom. The van der Waals surface area contributed by atoms with E-state index in [1.165, 1.54) is 19.4 Å². The first-order valence-corrected chi connectivity index (χ1v) is 6.00. The lowest BCUT2D eigenvalue weighted by atomic mass is 10.1. The quantitative estimate of drug-likeness (QED) is 0.634. The van der Waals surface area contributed by atoms with Crippen molar-refractivity contribution in [2.75, 3.05) is 7.11 Å². The highest BCUT2D eigenvalue weighted by atomic mass is 16.6. The molecule has 0 fully saturated rings. The zero-order valence-corrected chi connectivity index (χ0v) is 11.2. The topological polar surface area (TPSA) is 89.1 Å². The Kier molecular flexibility index (Phi) is 4.26. The summed E-state index contributed by atoms with van der Waals surface area (Å²) in [6.07, 6.45) is 4.69. The number of benzene rings is 1. The highest BCUT2D eigenvalue weighted by Crippen LogP contribution is 2.20. The van der Waals surface area contributed by atoms with E-state index in [0.29, 0.717) is 17.0 Å². The van der Waals surface area contributed by atoms with Gasteiger partial charge < -0.3 is 4.74 Å². The van der Waals surface area contributed by atoms with E-state index in [-0.39, 0.29) is 5.69 Å². The summed E-state index contributed by atoms with van der Waals surface area (Å²) >= 11 is 0. The van der Waals surface area contributed by atoms with E-state index in [4.69, 9.17) is 10.00 Å². The van der Waals surface area contributed by atoms with E-state index in [1.54, 1.807) is 30.4 Å². The highest BCUT2D eigenvalue weighted by molar-refractivity contribution is 5.69. The Balaban J connectivity index is 2.21. The third-order valence-electron chi connectivity index (χ3n) is 2.77. The summed E-state index contributed by atoms with van der Waals surface area (Å²) < 4.78 is 5.07. The molecular formula is C15H11N3O3. The zero-order valence-electron chi connectivity index (χ0n) is 11.2. The first kappa shape index (κ1) is 14.2. The Bertz CT molecular complexity index is 731. The molecule has 0 spiro atoms. The molecule has 21 heavy (non-hydrogen) atoms. The van der Waals surface area contributed by atoms with E-state index in [0.717, 1.165) is 5.56 Å². The van der Waals surface area contributed by atoms with Crippen molar-refractivity contribution in [3.8, 4) is 11.8 Å². The highest BCUT2D eigenvalue weighted by Gasteiger charge is 2.04. The van der Waals surface area contributed by atoms with Crippen LogP contribution >= 0.6 is 0 Å². The van der Waals surface area contributed by atoms with E-state index < -0.39 is 4.92 Å². The second kappa shape index (κ2) is 6.30. The molecule has 0 aliphatic rings. The second-order valence-corrected chi connectivity index (χ2v) is 4.10. The molecule has 6 nitrogen and oxygen atoms in total. The van der Waals surface area contributed by atoms with Gasteiger partial charge in [-0.15, -0.1) is 0 Å². The van der Waals surface area contributed by atoms with E-state index in [9.17, 15) is 10.1 Å². The fraction of sp³-hybridized carbons (Fsp3) is 0.0667. The van der Waals surface area contributed by atoms with Gasteiger partial charge in [0.05, 0.1) is 23.3 Å². The molecule has 0 unspecified atom stereocenters. The normalized spacial score (nSPS) is 10.3. The van der Waals surface area contributed by atoms with Gasteiger partial charge in [0.1, 0.15) is 18.0 Å². The van der Waals surface area contributed by atoms with Gasteiger partial charge in [-0.1, -0.05) is 12.1 Å². The second-order valence-electron chi connectivity index (χ2n) is 4.10. The van der Waals surface area contributed by atoms with Crippen molar-refractivity contribution in [1.29, 1.82) is 5.26 Å². The Morgan fingerprint density at radius 3 is 2.71 bits per heavy atom. The first-order chi connectivity index (χ1) is 10.1. The van der Waals surface area contributed by atoms with Crippen LogP contribution in [0.4, 0.5) is 5.69 Å². The maximum absolute atomic E-state index is 10.5. The lowest BCUT2D eigenvalue weighted by Gasteiger charge is -2.02. The molecule has 2 rings (SSSR count). The summed E-state index contributed by atoms with van der Waals surface area (Å²) in [4.78, 5) is 14.0. The summed E-state index contributed by atoms with van der Waals surface area (Å²) in [6, 6.07) is 10.2. The first-order valence-electron chi connectivity index (χ1n) is 6.00. The van der Waals surface area contributed by atoms with Crippen molar-refractivity contribution < 1.29 is 9.66 Å². The molecule has 0 aliphatic carbocycles. The van der Waals surface area contributed by atoms with Crippen LogP contribution in [-0.4, -0.2) is 17.0 Å². The predicted molar refractivity (Wildman–Crippen MR) is 77.5 cm³/mol. The minimum atomic E-state index is -0.497. The van der Waals surface area contributed by atoms with E-state index in [2.05, 4.69) is 11.1 Å². The van der Waals surface area contributed by atoms with E-state index >= 15 is 0 Å². The third kappa shape index (κ3) is 3.42. The molecule has 0 saturated carbocycles. The van der Waals surface area contributed by atoms with Crippen LogP contribution in [0.2, 0.25) is 0 Å². The van der Waals surface area contributed by atoms with E-state index in [1.807, 2.05) is 6.07 Å². The molecule has 2 aromatic rings. The summed E-state index contributed by atoms with van der Waals surface area (Å²) in [5, 5.41) is 19.5. The Labute approximate surface area is 121 Å². The predicted octanol–water partition coefficient (Wildman–Crippen LogP) is 3.04. The zero-order chi connectivity index (χ0) is 15.2. The number of nitrogens with zero attached hydrogens (tertiary/aromatic N) is 3. The fourth-order valence-corrected chi connectivity index (χ4v) is 1.70. The molecule has 0 bridgehead atoms.